The molecule has 136 valence electrons. The summed E-state index contributed by atoms with van der Waals surface area (Å²) in [5.74, 6) is -0.688. The lowest BCUT2D eigenvalue weighted by Gasteiger charge is -2.14. The molecule has 1 aromatic carbocycles. The van der Waals surface area contributed by atoms with Crippen molar-refractivity contribution >= 4 is 17.6 Å². The SMILES string of the molecule is Cc1nn(C)c(C)c1NC(=O)COC(=O)[C@H](C)Oc1ccc(C#N)cc1. The first-order valence-corrected chi connectivity index (χ1v) is 7.95. The van der Waals surface area contributed by atoms with Gasteiger partial charge in [-0.15, -0.1) is 0 Å². The van der Waals surface area contributed by atoms with Gasteiger partial charge in [0.25, 0.3) is 5.91 Å². The van der Waals surface area contributed by atoms with Gasteiger partial charge in [-0.05, 0) is 45.0 Å². The van der Waals surface area contributed by atoms with E-state index < -0.39 is 24.6 Å². The maximum Gasteiger partial charge on any atom is 0.347 e. The summed E-state index contributed by atoms with van der Waals surface area (Å²) < 4.78 is 12.1. The maximum absolute atomic E-state index is 12.0. The number of carbonyl (C=O) groups is 2. The smallest absolute Gasteiger partial charge is 0.347 e. The van der Waals surface area contributed by atoms with E-state index in [0.29, 0.717) is 22.7 Å². The van der Waals surface area contributed by atoms with Crippen LogP contribution in [0.2, 0.25) is 0 Å². The lowest BCUT2D eigenvalue weighted by Crippen LogP contribution is -2.29. The molecule has 26 heavy (non-hydrogen) atoms. The largest absolute Gasteiger partial charge is 0.479 e. The third-order valence-electron chi connectivity index (χ3n) is 3.75. The minimum Gasteiger partial charge on any atom is -0.479 e. The Labute approximate surface area is 151 Å². The number of rotatable bonds is 6. The van der Waals surface area contributed by atoms with Crippen molar-refractivity contribution in [2.24, 2.45) is 7.05 Å². The Hall–Kier alpha value is -3.34. The quantitative estimate of drug-likeness (QED) is 0.792. The van der Waals surface area contributed by atoms with Crippen LogP contribution in [0.1, 0.15) is 23.9 Å². The van der Waals surface area contributed by atoms with Crippen molar-refractivity contribution in [3.05, 3.63) is 41.2 Å². The predicted octanol–water partition coefficient (Wildman–Crippen LogP) is 1.86. The van der Waals surface area contributed by atoms with E-state index in [-0.39, 0.29) is 0 Å². The van der Waals surface area contributed by atoms with Crippen LogP contribution in [0.4, 0.5) is 5.69 Å². The molecule has 1 atom stereocenters. The molecule has 0 bridgehead atoms. The molecule has 8 heteroatoms. The van der Waals surface area contributed by atoms with Gasteiger partial charge in [0.2, 0.25) is 0 Å². The van der Waals surface area contributed by atoms with Crippen molar-refractivity contribution < 1.29 is 19.1 Å². The van der Waals surface area contributed by atoms with E-state index in [1.165, 1.54) is 6.92 Å². The highest BCUT2D eigenvalue weighted by Crippen LogP contribution is 2.18. The summed E-state index contributed by atoms with van der Waals surface area (Å²) in [5.41, 5.74) is 2.59. The van der Waals surface area contributed by atoms with E-state index in [0.717, 1.165) is 5.69 Å². The molecular formula is C18H20N4O4. The zero-order chi connectivity index (χ0) is 19.3. The van der Waals surface area contributed by atoms with Crippen LogP contribution in [-0.4, -0.2) is 34.4 Å². The highest BCUT2D eigenvalue weighted by Gasteiger charge is 2.19. The Morgan fingerprint density at radius 2 is 1.96 bits per heavy atom. The number of hydrogen-bond acceptors (Lipinski definition) is 6. The second-order valence-corrected chi connectivity index (χ2v) is 5.72. The van der Waals surface area contributed by atoms with Crippen molar-refractivity contribution in [3.63, 3.8) is 0 Å². The van der Waals surface area contributed by atoms with Gasteiger partial charge in [-0.1, -0.05) is 0 Å². The lowest BCUT2D eigenvalue weighted by atomic mass is 10.2. The van der Waals surface area contributed by atoms with Gasteiger partial charge in [0, 0.05) is 7.05 Å². The van der Waals surface area contributed by atoms with Gasteiger partial charge in [0.15, 0.2) is 12.7 Å². The molecule has 1 heterocycles. The summed E-state index contributed by atoms with van der Waals surface area (Å²) in [6, 6.07) is 8.33. The van der Waals surface area contributed by atoms with Crippen molar-refractivity contribution in [2.45, 2.75) is 26.9 Å². The molecule has 0 aliphatic rings. The first-order chi connectivity index (χ1) is 12.3. The van der Waals surface area contributed by atoms with Gasteiger partial charge < -0.3 is 14.8 Å². The summed E-state index contributed by atoms with van der Waals surface area (Å²) in [6.07, 6.45) is -0.891. The number of anilines is 1. The zero-order valence-electron chi connectivity index (χ0n) is 15.1. The molecule has 0 unspecified atom stereocenters. The van der Waals surface area contributed by atoms with Crippen LogP contribution in [0.15, 0.2) is 24.3 Å². The average molecular weight is 356 g/mol. The third-order valence-corrected chi connectivity index (χ3v) is 3.75. The minimum absolute atomic E-state index is 0.423. The lowest BCUT2D eigenvalue weighted by molar-refractivity contribution is -0.153. The van der Waals surface area contributed by atoms with E-state index in [1.807, 2.05) is 13.0 Å². The summed E-state index contributed by atoms with van der Waals surface area (Å²) in [4.78, 5) is 24.0. The van der Waals surface area contributed by atoms with Crippen LogP contribution >= 0.6 is 0 Å². The van der Waals surface area contributed by atoms with E-state index >= 15 is 0 Å². The molecule has 2 aromatic rings. The van der Waals surface area contributed by atoms with E-state index in [2.05, 4.69) is 10.4 Å². The number of nitrogens with zero attached hydrogens (tertiary/aromatic N) is 3. The average Bonchev–Trinajstić information content (AvgIpc) is 2.86. The zero-order valence-corrected chi connectivity index (χ0v) is 15.1. The van der Waals surface area contributed by atoms with Gasteiger partial charge in [0.05, 0.1) is 28.7 Å². The van der Waals surface area contributed by atoms with Gasteiger partial charge in [0.1, 0.15) is 5.75 Å². The second kappa shape index (κ2) is 8.16. The fourth-order valence-electron chi connectivity index (χ4n) is 2.24. The number of benzene rings is 1. The molecule has 0 fully saturated rings. The second-order valence-electron chi connectivity index (χ2n) is 5.72. The number of hydrogen-bond donors (Lipinski definition) is 1. The monoisotopic (exact) mass is 356 g/mol. The molecule has 0 saturated carbocycles. The maximum atomic E-state index is 12.0. The number of ether oxygens (including phenoxy) is 2. The fraction of sp³-hybridized carbons (Fsp3) is 0.333. The Morgan fingerprint density at radius 3 is 2.50 bits per heavy atom. The van der Waals surface area contributed by atoms with Crippen molar-refractivity contribution in [2.75, 3.05) is 11.9 Å². The third kappa shape index (κ3) is 4.60. The highest BCUT2D eigenvalue weighted by molar-refractivity contribution is 5.94. The first kappa shape index (κ1) is 19.0. The summed E-state index contributed by atoms with van der Waals surface area (Å²) in [7, 11) is 1.78. The van der Waals surface area contributed by atoms with Crippen LogP contribution in [0.5, 0.6) is 5.75 Å². The Morgan fingerprint density at radius 1 is 1.31 bits per heavy atom. The molecule has 1 amide bonds. The van der Waals surface area contributed by atoms with Crippen molar-refractivity contribution in [3.8, 4) is 11.8 Å². The Balaban J connectivity index is 1.84. The number of carbonyl (C=O) groups excluding carboxylic acids is 2. The molecule has 0 aliphatic heterocycles. The number of nitrogens with one attached hydrogen (secondary N) is 1. The van der Waals surface area contributed by atoms with Crippen molar-refractivity contribution in [1.29, 1.82) is 5.26 Å². The predicted molar refractivity (Wildman–Crippen MR) is 93.5 cm³/mol. The summed E-state index contributed by atoms with van der Waals surface area (Å²) >= 11 is 0. The fourth-order valence-corrected chi connectivity index (χ4v) is 2.24. The molecule has 1 N–H and O–H groups in total. The molecule has 0 saturated heterocycles. The van der Waals surface area contributed by atoms with Crippen LogP contribution in [-0.2, 0) is 21.4 Å². The van der Waals surface area contributed by atoms with E-state index in [4.69, 9.17) is 14.7 Å². The van der Waals surface area contributed by atoms with Crippen LogP contribution in [0.25, 0.3) is 0 Å². The molecular weight excluding hydrogens is 336 g/mol. The normalized spacial score (nSPS) is 11.3. The van der Waals surface area contributed by atoms with Gasteiger partial charge >= 0.3 is 5.97 Å². The molecule has 0 aliphatic carbocycles. The molecule has 0 radical (unpaired) electrons. The first-order valence-electron chi connectivity index (χ1n) is 7.95. The van der Waals surface area contributed by atoms with Crippen molar-refractivity contribution in [1.82, 2.24) is 9.78 Å². The Bertz CT molecular complexity index is 849. The molecule has 8 nitrogen and oxygen atoms in total. The minimum atomic E-state index is -0.891. The van der Waals surface area contributed by atoms with Gasteiger partial charge in [-0.3, -0.25) is 9.48 Å². The van der Waals surface area contributed by atoms with Crippen LogP contribution in [0.3, 0.4) is 0 Å². The number of esters is 1. The number of aromatic nitrogens is 2. The number of aryl methyl sites for hydroxylation is 2. The molecule has 0 spiro atoms. The van der Waals surface area contributed by atoms with E-state index in [1.54, 1.807) is 42.9 Å². The standard InChI is InChI=1S/C18H20N4O4/c1-11-17(12(2)22(4)21-11)20-16(23)10-25-18(24)13(3)26-15-7-5-14(9-19)6-8-15/h5-8,13H,10H2,1-4H3,(H,20,23)/t13-/m0/s1. The van der Waals surface area contributed by atoms with Gasteiger partial charge in [-0.25, -0.2) is 4.79 Å². The van der Waals surface area contributed by atoms with Crippen LogP contribution < -0.4 is 10.1 Å². The topological polar surface area (TPSA) is 106 Å². The Kier molecular flexibility index (Phi) is 5.96. The highest BCUT2D eigenvalue weighted by atomic mass is 16.6. The summed E-state index contributed by atoms with van der Waals surface area (Å²) in [5, 5.41) is 15.6. The molecule has 2 rings (SSSR count). The number of amides is 1. The number of nitriles is 1. The summed E-state index contributed by atoms with van der Waals surface area (Å²) in [6.45, 7) is 4.71. The van der Waals surface area contributed by atoms with Crippen LogP contribution in [0, 0.1) is 25.2 Å². The van der Waals surface area contributed by atoms with E-state index in [9.17, 15) is 9.59 Å². The molecule has 1 aromatic heterocycles. The van der Waals surface area contributed by atoms with Gasteiger partial charge in [-0.2, -0.15) is 10.4 Å².